The van der Waals surface area contributed by atoms with Crippen LogP contribution in [0.2, 0.25) is 5.02 Å². The fourth-order valence-corrected chi connectivity index (χ4v) is 4.73. The van der Waals surface area contributed by atoms with Gasteiger partial charge in [-0.05, 0) is 25.1 Å². The van der Waals surface area contributed by atoms with Crippen LogP contribution in [0.3, 0.4) is 0 Å². The Balaban J connectivity index is 1.97. The van der Waals surface area contributed by atoms with Crippen LogP contribution in [0, 0.1) is 0 Å². The first-order valence-corrected chi connectivity index (χ1v) is 10.2. The van der Waals surface area contributed by atoms with Crippen LogP contribution < -0.4 is 5.63 Å². The molecular formula is C15H14BrClN2O4S. The lowest BCUT2D eigenvalue weighted by atomic mass is 10.2. The van der Waals surface area contributed by atoms with Crippen molar-refractivity contribution in [1.82, 2.24) is 5.01 Å². The summed E-state index contributed by atoms with van der Waals surface area (Å²) in [5.41, 5.74) is -0.0541. The fourth-order valence-electron chi connectivity index (χ4n) is 2.55. The van der Waals surface area contributed by atoms with Crippen molar-refractivity contribution in [2.45, 2.75) is 13.0 Å². The van der Waals surface area contributed by atoms with Crippen LogP contribution in [0.1, 0.15) is 12.5 Å². The number of nitrogens with zero attached hydrogens (tertiary/aromatic N) is 2. The minimum Gasteiger partial charge on any atom is -0.422 e. The molecule has 1 aromatic heterocycles. The molecule has 0 saturated carbocycles. The number of hydrogen-bond acceptors (Lipinski definition) is 6. The molecule has 1 aromatic carbocycles. The van der Waals surface area contributed by atoms with Gasteiger partial charge in [0.2, 0.25) is 0 Å². The van der Waals surface area contributed by atoms with E-state index in [1.54, 1.807) is 30.1 Å². The zero-order valence-corrected chi connectivity index (χ0v) is 15.9. The molecule has 1 atom stereocenters. The minimum atomic E-state index is -3.02. The molecule has 1 fully saturated rings. The van der Waals surface area contributed by atoms with Gasteiger partial charge in [-0.25, -0.2) is 13.2 Å². The molecule has 1 unspecified atom stereocenters. The third-order valence-electron chi connectivity index (χ3n) is 3.81. The SMILES string of the molecule is CC1CS(=O)(=O)CCN1/N=C/c1c(Cl)c2cc(Br)ccc2oc1=O. The lowest BCUT2D eigenvalue weighted by Gasteiger charge is -2.30. The third kappa shape index (κ3) is 3.50. The normalized spacial score (nSPS) is 20.8. The largest absolute Gasteiger partial charge is 0.422 e. The van der Waals surface area contributed by atoms with Crippen molar-refractivity contribution in [2.75, 3.05) is 18.1 Å². The highest BCUT2D eigenvalue weighted by molar-refractivity contribution is 9.10. The predicted molar refractivity (Wildman–Crippen MR) is 97.6 cm³/mol. The van der Waals surface area contributed by atoms with Crippen LogP contribution in [0.25, 0.3) is 11.0 Å². The van der Waals surface area contributed by atoms with E-state index in [2.05, 4.69) is 21.0 Å². The van der Waals surface area contributed by atoms with Crippen LogP contribution in [-0.2, 0) is 9.84 Å². The number of sulfone groups is 1. The van der Waals surface area contributed by atoms with Crippen LogP contribution >= 0.6 is 27.5 Å². The molecule has 2 heterocycles. The molecule has 0 aliphatic carbocycles. The maximum atomic E-state index is 12.1. The highest BCUT2D eigenvalue weighted by Gasteiger charge is 2.27. The van der Waals surface area contributed by atoms with Gasteiger partial charge in [-0.15, -0.1) is 0 Å². The highest BCUT2D eigenvalue weighted by Crippen LogP contribution is 2.27. The second-order valence-corrected chi connectivity index (χ2v) is 9.15. The summed E-state index contributed by atoms with van der Waals surface area (Å²) in [6.45, 7) is 2.05. The molecule has 0 spiro atoms. The maximum Gasteiger partial charge on any atom is 0.346 e. The Morgan fingerprint density at radius 3 is 2.92 bits per heavy atom. The van der Waals surface area contributed by atoms with Crippen molar-refractivity contribution in [3.63, 3.8) is 0 Å². The number of rotatable bonds is 2. The Kier molecular flexibility index (Phi) is 4.72. The standard InChI is InChI=1S/C15H14BrClN2O4S/c1-9-8-24(21,22)5-4-19(9)18-7-12-14(17)11-6-10(16)2-3-13(11)23-15(12)20/h2-3,6-7,9H,4-5,8H2,1H3/b18-7+. The van der Waals surface area contributed by atoms with E-state index in [9.17, 15) is 13.2 Å². The molecule has 6 nitrogen and oxygen atoms in total. The average molecular weight is 434 g/mol. The molecule has 1 aliphatic heterocycles. The van der Waals surface area contributed by atoms with Crippen molar-refractivity contribution >= 4 is 54.6 Å². The van der Waals surface area contributed by atoms with Crippen LogP contribution in [0.15, 0.2) is 37.0 Å². The highest BCUT2D eigenvalue weighted by atomic mass is 79.9. The maximum absolute atomic E-state index is 12.1. The van der Waals surface area contributed by atoms with Crippen LogP contribution in [0.5, 0.6) is 0 Å². The van der Waals surface area contributed by atoms with Gasteiger partial charge in [0.15, 0.2) is 9.84 Å². The van der Waals surface area contributed by atoms with Gasteiger partial charge in [0.25, 0.3) is 0 Å². The number of halogens is 2. The third-order valence-corrected chi connectivity index (χ3v) is 6.50. The van der Waals surface area contributed by atoms with Gasteiger partial charge in [-0.2, -0.15) is 5.10 Å². The summed E-state index contributed by atoms with van der Waals surface area (Å²) in [6.07, 6.45) is 1.34. The Morgan fingerprint density at radius 1 is 1.46 bits per heavy atom. The van der Waals surface area contributed by atoms with Crippen molar-refractivity contribution in [2.24, 2.45) is 5.10 Å². The zero-order chi connectivity index (χ0) is 17.5. The lowest BCUT2D eigenvalue weighted by molar-refractivity contribution is 0.239. The average Bonchev–Trinajstić information content (AvgIpc) is 2.49. The second-order valence-electron chi connectivity index (χ2n) is 5.63. The Morgan fingerprint density at radius 2 is 2.21 bits per heavy atom. The first kappa shape index (κ1) is 17.4. The molecule has 0 N–H and O–H groups in total. The summed E-state index contributed by atoms with van der Waals surface area (Å²) in [5.74, 6) is 0.0824. The van der Waals surface area contributed by atoms with Gasteiger partial charge < -0.3 is 4.42 Å². The van der Waals surface area contributed by atoms with Crippen molar-refractivity contribution in [1.29, 1.82) is 0 Å². The topological polar surface area (TPSA) is 80.0 Å². The number of hydrazone groups is 1. The molecule has 128 valence electrons. The molecule has 24 heavy (non-hydrogen) atoms. The van der Waals surface area contributed by atoms with Crippen molar-refractivity contribution in [3.8, 4) is 0 Å². The van der Waals surface area contributed by atoms with Gasteiger partial charge in [0, 0.05) is 9.86 Å². The van der Waals surface area contributed by atoms with Gasteiger partial charge in [-0.1, -0.05) is 27.5 Å². The van der Waals surface area contributed by atoms with Crippen molar-refractivity contribution < 1.29 is 12.8 Å². The molecule has 0 radical (unpaired) electrons. The fraction of sp³-hybridized carbons (Fsp3) is 0.333. The predicted octanol–water partition coefficient (Wildman–Crippen LogP) is 2.66. The number of benzene rings is 1. The van der Waals surface area contributed by atoms with Gasteiger partial charge in [-0.3, -0.25) is 5.01 Å². The van der Waals surface area contributed by atoms with Gasteiger partial charge in [0.05, 0.1) is 40.9 Å². The lowest BCUT2D eigenvalue weighted by Crippen LogP contribution is -2.43. The molecule has 1 aliphatic rings. The molecule has 2 aromatic rings. The van der Waals surface area contributed by atoms with E-state index in [0.717, 1.165) is 4.47 Å². The summed E-state index contributed by atoms with van der Waals surface area (Å²) in [4.78, 5) is 12.1. The van der Waals surface area contributed by atoms with E-state index in [1.807, 2.05) is 0 Å². The van der Waals surface area contributed by atoms with Crippen LogP contribution in [-0.4, -0.2) is 43.7 Å². The Bertz CT molecular complexity index is 987. The number of hydrogen-bond donors (Lipinski definition) is 0. The van der Waals surface area contributed by atoms with E-state index in [-0.39, 0.29) is 34.7 Å². The molecule has 0 bridgehead atoms. The quantitative estimate of drug-likeness (QED) is 0.537. The van der Waals surface area contributed by atoms with Gasteiger partial charge in [0.1, 0.15) is 5.58 Å². The van der Waals surface area contributed by atoms with E-state index >= 15 is 0 Å². The summed E-state index contributed by atoms with van der Waals surface area (Å²) in [5, 5.41) is 6.73. The second kappa shape index (κ2) is 6.50. The molecule has 1 saturated heterocycles. The molecule has 0 amide bonds. The zero-order valence-electron chi connectivity index (χ0n) is 12.7. The van der Waals surface area contributed by atoms with E-state index < -0.39 is 15.5 Å². The molecule has 9 heteroatoms. The summed E-state index contributed by atoms with van der Waals surface area (Å²) < 4.78 is 29.3. The monoisotopic (exact) mass is 432 g/mol. The summed E-state index contributed by atoms with van der Waals surface area (Å²) in [6, 6.07) is 4.91. The Hall–Kier alpha value is -1.38. The van der Waals surface area contributed by atoms with E-state index in [1.165, 1.54) is 6.21 Å². The Labute approximate surface area is 152 Å². The number of fused-ring (bicyclic) bond motifs is 1. The van der Waals surface area contributed by atoms with E-state index in [4.69, 9.17) is 16.0 Å². The van der Waals surface area contributed by atoms with E-state index in [0.29, 0.717) is 11.0 Å². The first-order valence-electron chi connectivity index (χ1n) is 7.20. The van der Waals surface area contributed by atoms with Crippen LogP contribution in [0.4, 0.5) is 0 Å². The van der Waals surface area contributed by atoms with Crippen molar-refractivity contribution in [3.05, 3.63) is 43.7 Å². The smallest absolute Gasteiger partial charge is 0.346 e. The summed E-state index contributed by atoms with van der Waals surface area (Å²) >= 11 is 9.68. The first-order chi connectivity index (χ1) is 11.3. The molecule has 3 rings (SSSR count). The molecular weight excluding hydrogens is 420 g/mol. The minimum absolute atomic E-state index is 0.0390. The summed E-state index contributed by atoms with van der Waals surface area (Å²) in [7, 11) is -3.02. The van der Waals surface area contributed by atoms with Gasteiger partial charge >= 0.3 is 5.63 Å².